The second-order valence-electron chi connectivity index (χ2n) is 5.85. The third-order valence-electron chi connectivity index (χ3n) is 4.19. The Kier molecular flexibility index (Phi) is 3.82. The zero-order valence-electron chi connectivity index (χ0n) is 11.6. The molecule has 4 nitrogen and oxygen atoms in total. The van der Waals surface area contributed by atoms with Crippen LogP contribution < -0.4 is 5.32 Å². The number of aryl methyl sites for hydroxylation is 1. The van der Waals surface area contributed by atoms with Crippen molar-refractivity contribution >= 4 is 16.9 Å². The minimum absolute atomic E-state index is 0.516. The Morgan fingerprint density at radius 2 is 2.21 bits per heavy atom. The average molecular weight is 278 g/mol. The van der Waals surface area contributed by atoms with Crippen molar-refractivity contribution in [2.45, 2.75) is 38.6 Å². The van der Waals surface area contributed by atoms with Crippen LogP contribution in [0.4, 0.5) is 0 Å². The first kappa shape index (κ1) is 13.0. The molecular formula is C14H22N4S. The summed E-state index contributed by atoms with van der Waals surface area (Å²) in [6, 6.07) is 0. The van der Waals surface area contributed by atoms with E-state index in [0.29, 0.717) is 5.41 Å². The van der Waals surface area contributed by atoms with Gasteiger partial charge in [0.2, 0.25) is 0 Å². The van der Waals surface area contributed by atoms with Gasteiger partial charge in [-0.1, -0.05) is 31.0 Å². The van der Waals surface area contributed by atoms with Crippen molar-refractivity contribution in [3.05, 3.63) is 18.0 Å². The molecule has 1 spiro atoms. The first-order valence-corrected chi connectivity index (χ1v) is 8.13. The van der Waals surface area contributed by atoms with Crippen LogP contribution in [0.3, 0.4) is 0 Å². The monoisotopic (exact) mass is 278 g/mol. The first-order valence-electron chi connectivity index (χ1n) is 7.14. The Morgan fingerprint density at radius 3 is 2.84 bits per heavy atom. The summed E-state index contributed by atoms with van der Waals surface area (Å²) < 4.78 is 1.84. The molecule has 0 atom stereocenters. The van der Waals surface area contributed by atoms with E-state index in [1.54, 1.807) is 0 Å². The number of nitrogens with one attached hydrogen (secondary N) is 1. The summed E-state index contributed by atoms with van der Waals surface area (Å²) in [5.74, 6) is 1.24. The molecule has 0 saturated heterocycles. The van der Waals surface area contributed by atoms with Crippen LogP contribution in [-0.2, 0) is 13.6 Å². The first-order chi connectivity index (χ1) is 9.26. The lowest BCUT2D eigenvalue weighted by atomic mass is 9.75. The van der Waals surface area contributed by atoms with E-state index in [4.69, 9.17) is 4.99 Å². The minimum atomic E-state index is 0.516. The SMILES string of the molecule is Cn1cc(CNC2=NCC3(CCCCC3)CS2)cn1. The molecule has 1 aromatic heterocycles. The highest BCUT2D eigenvalue weighted by molar-refractivity contribution is 8.13. The van der Waals surface area contributed by atoms with Gasteiger partial charge in [0.05, 0.1) is 6.20 Å². The van der Waals surface area contributed by atoms with Gasteiger partial charge in [0.1, 0.15) is 0 Å². The summed E-state index contributed by atoms with van der Waals surface area (Å²) in [7, 11) is 1.95. The summed E-state index contributed by atoms with van der Waals surface area (Å²) in [6.45, 7) is 1.85. The average Bonchev–Trinajstić information content (AvgIpc) is 2.85. The van der Waals surface area contributed by atoms with Crippen LogP contribution in [0.15, 0.2) is 17.4 Å². The smallest absolute Gasteiger partial charge is 0.156 e. The molecular weight excluding hydrogens is 256 g/mol. The summed E-state index contributed by atoms with van der Waals surface area (Å²) in [4.78, 5) is 4.77. The van der Waals surface area contributed by atoms with Crippen molar-refractivity contribution in [3.8, 4) is 0 Å². The van der Waals surface area contributed by atoms with Crippen molar-refractivity contribution in [1.82, 2.24) is 15.1 Å². The fourth-order valence-corrected chi connectivity index (χ4v) is 4.16. The van der Waals surface area contributed by atoms with Crippen LogP contribution in [0, 0.1) is 5.41 Å². The second-order valence-corrected chi connectivity index (χ2v) is 6.81. The quantitative estimate of drug-likeness (QED) is 0.904. The van der Waals surface area contributed by atoms with Gasteiger partial charge in [-0.3, -0.25) is 9.67 Å². The second kappa shape index (κ2) is 5.57. The summed E-state index contributed by atoms with van der Waals surface area (Å²) in [5, 5.41) is 8.72. The van der Waals surface area contributed by atoms with Crippen molar-refractivity contribution in [2.75, 3.05) is 12.3 Å². The van der Waals surface area contributed by atoms with Gasteiger partial charge in [0.15, 0.2) is 5.17 Å². The van der Waals surface area contributed by atoms with Gasteiger partial charge in [-0.25, -0.2) is 0 Å². The molecule has 5 heteroatoms. The van der Waals surface area contributed by atoms with Crippen LogP contribution in [0.5, 0.6) is 0 Å². The largest absolute Gasteiger partial charge is 0.361 e. The third kappa shape index (κ3) is 3.14. The lowest BCUT2D eigenvalue weighted by Gasteiger charge is -2.38. The fourth-order valence-electron chi connectivity index (χ4n) is 3.00. The zero-order valence-corrected chi connectivity index (χ0v) is 12.4. The van der Waals surface area contributed by atoms with E-state index in [2.05, 4.69) is 10.4 Å². The van der Waals surface area contributed by atoms with Gasteiger partial charge in [-0.05, 0) is 18.3 Å². The van der Waals surface area contributed by atoms with E-state index in [9.17, 15) is 0 Å². The molecule has 0 amide bonds. The molecule has 19 heavy (non-hydrogen) atoms. The van der Waals surface area contributed by atoms with Crippen LogP contribution in [0.25, 0.3) is 0 Å². The molecule has 1 aromatic rings. The standard InChI is InChI=1S/C14H22N4S/c1-18-9-12(8-17-18)7-15-13-16-10-14(11-19-13)5-3-2-4-6-14/h8-9H,2-7,10-11H2,1H3,(H,15,16). The van der Waals surface area contributed by atoms with Gasteiger partial charge < -0.3 is 5.32 Å². The molecule has 104 valence electrons. The molecule has 2 aliphatic rings. The van der Waals surface area contributed by atoms with Gasteiger partial charge in [-0.2, -0.15) is 5.10 Å². The van der Waals surface area contributed by atoms with Gasteiger partial charge >= 0.3 is 0 Å². The molecule has 1 saturated carbocycles. The molecule has 2 heterocycles. The topological polar surface area (TPSA) is 42.2 Å². The highest BCUT2D eigenvalue weighted by atomic mass is 32.2. The molecule has 1 aliphatic carbocycles. The maximum absolute atomic E-state index is 4.77. The predicted molar refractivity (Wildman–Crippen MR) is 80.3 cm³/mol. The normalized spacial score (nSPS) is 22.3. The van der Waals surface area contributed by atoms with E-state index in [1.165, 1.54) is 43.4 Å². The van der Waals surface area contributed by atoms with Crippen LogP contribution in [-0.4, -0.2) is 27.2 Å². The van der Waals surface area contributed by atoms with E-state index in [1.807, 2.05) is 35.9 Å². The molecule has 0 radical (unpaired) electrons. The zero-order chi connectivity index (χ0) is 13.1. The van der Waals surface area contributed by atoms with Crippen LogP contribution in [0.2, 0.25) is 0 Å². The number of aromatic nitrogens is 2. The maximum atomic E-state index is 4.77. The number of aliphatic imine (C=N–C) groups is 1. The molecule has 1 fully saturated rings. The Labute approximate surface area is 119 Å². The summed E-state index contributed by atoms with van der Waals surface area (Å²) in [5.41, 5.74) is 1.73. The third-order valence-corrected chi connectivity index (χ3v) is 5.49. The number of rotatable bonds is 2. The Bertz CT molecular complexity index is 460. The van der Waals surface area contributed by atoms with E-state index in [-0.39, 0.29) is 0 Å². The molecule has 3 rings (SSSR count). The van der Waals surface area contributed by atoms with Crippen molar-refractivity contribution in [1.29, 1.82) is 0 Å². The van der Waals surface area contributed by atoms with Crippen molar-refractivity contribution < 1.29 is 0 Å². The van der Waals surface area contributed by atoms with E-state index < -0.39 is 0 Å². The molecule has 0 unspecified atom stereocenters. The van der Waals surface area contributed by atoms with Gasteiger partial charge in [0.25, 0.3) is 0 Å². The molecule has 1 aliphatic heterocycles. The summed E-state index contributed by atoms with van der Waals surface area (Å²) in [6.07, 6.45) is 10.9. The molecule has 0 aromatic carbocycles. The molecule has 1 N–H and O–H groups in total. The number of thioether (sulfide) groups is 1. The lowest BCUT2D eigenvalue weighted by Crippen LogP contribution is -2.36. The van der Waals surface area contributed by atoms with Crippen molar-refractivity contribution in [3.63, 3.8) is 0 Å². The van der Waals surface area contributed by atoms with E-state index in [0.717, 1.165) is 18.3 Å². The summed E-state index contributed by atoms with van der Waals surface area (Å²) >= 11 is 1.91. The van der Waals surface area contributed by atoms with Gasteiger partial charge in [-0.15, -0.1) is 0 Å². The number of amidine groups is 1. The molecule has 0 bridgehead atoms. The van der Waals surface area contributed by atoms with Crippen molar-refractivity contribution in [2.24, 2.45) is 17.5 Å². The Hall–Kier alpha value is -0.970. The number of hydrogen-bond donors (Lipinski definition) is 1. The maximum Gasteiger partial charge on any atom is 0.156 e. The Morgan fingerprint density at radius 1 is 1.37 bits per heavy atom. The number of hydrogen-bond acceptors (Lipinski definition) is 4. The highest BCUT2D eigenvalue weighted by Crippen LogP contribution is 2.41. The lowest BCUT2D eigenvalue weighted by molar-refractivity contribution is 0.232. The van der Waals surface area contributed by atoms with E-state index >= 15 is 0 Å². The van der Waals surface area contributed by atoms with Gasteiger partial charge in [0, 0.05) is 37.7 Å². The van der Waals surface area contributed by atoms with Crippen LogP contribution >= 0.6 is 11.8 Å². The highest BCUT2D eigenvalue weighted by Gasteiger charge is 2.34. The fraction of sp³-hybridized carbons (Fsp3) is 0.714. The Balaban J connectivity index is 1.53. The predicted octanol–water partition coefficient (Wildman–Crippen LogP) is 2.56. The van der Waals surface area contributed by atoms with Crippen LogP contribution in [0.1, 0.15) is 37.7 Å². The minimum Gasteiger partial charge on any atom is -0.361 e. The number of nitrogens with zero attached hydrogens (tertiary/aromatic N) is 3.